The van der Waals surface area contributed by atoms with Crippen molar-refractivity contribution in [1.29, 1.82) is 21.0 Å². The van der Waals surface area contributed by atoms with Crippen LogP contribution in [0, 0.1) is 45.3 Å². The van der Waals surface area contributed by atoms with Crippen LogP contribution in [0.1, 0.15) is 5.56 Å². The maximum atomic E-state index is 8.93. The Kier molecular flexibility index (Phi) is 4.92. The molecule has 0 fully saturated rings. The molecular formula is C12H3BrClN5. The van der Waals surface area contributed by atoms with E-state index in [1.165, 1.54) is 6.07 Å². The van der Waals surface area contributed by atoms with Crippen LogP contribution >= 0.6 is 27.5 Å². The summed E-state index contributed by atoms with van der Waals surface area (Å²) in [5.74, 6) is 0. The Morgan fingerprint density at radius 2 is 1.74 bits per heavy atom. The second-order valence-electron chi connectivity index (χ2n) is 3.11. The fraction of sp³-hybridized carbons (Fsp3) is 0. The predicted molar refractivity (Wildman–Crippen MR) is 71.4 cm³/mol. The Morgan fingerprint density at radius 3 is 2.21 bits per heavy atom. The van der Waals surface area contributed by atoms with Crippen LogP contribution in [0.3, 0.4) is 0 Å². The van der Waals surface area contributed by atoms with Crippen molar-refractivity contribution in [3.05, 3.63) is 38.5 Å². The van der Waals surface area contributed by atoms with E-state index in [4.69, 9.17) is 32.6 Å². The Morgan fingerprint density at radius 1 is 1.11 bits per heavy atom. The zero-order chi connectivity index (χ0) is 14.4. The van der Waals surface area contributed by atoms with Gasteiger partial charge in [0, 0.05) is 4.47 Å². The lowest BCUT2D eigenvalue weighted by molar-refractivity contribution is 1.36. The quantitative estimate of drug-likeness (QED) is 0.837. The first-order valence-electron chi connectivity index (χ1n) is 4.68. The number of benzene rings is 1. The van der Waals surface area contributed by atoms with Crippen LogP contribution in [0.4, 0.5) is 5.69 Å². The van der Waals surface area contributed by atoms with Crippen LogP contribution < -0.4 is 5.32 Å². The van der Waals surface area contributed by atoms with Crippen molar-refractivity contribution in [3.8, 4) is 24.3 Å². The number of allylic oxidation sites excluding steroid dienone is 2. The average molecular weight is 333 g/mol. The molecule has 7 heteroatoms. The molecule has 0 spiro atoms. The summed E-state index contributed by atoms with van der Waals surface area (Å²) in [5.41, 5.74) is -0.143. The minimum atomic E-state index is -0.368. The monoisotopic (exact) mass is 331 g/mol. The maximum Gasteiger partial charge on any atom is 0.163 e. The van der Waals surface area contributed by atoms with Gasteiger partial charge in [-0.25, -0.2) is 0 Å². The first kappa shape index (κ1) is 14.6. The van der Waals surface area contributed by atoms with E-state index < -0.39 is 0 Å². The lowest BCUT2D eigenvalue weighted by Gasteiger charge is -2.10. The van der Waals surface area contributed by atoms with Gasteiger partial charge < -0.3 is 5.32 Å². The number of nitriles is 4. The van der Waals surface area contributed by atoms with E-state index in [0.29, 0.717) is 4.47 Å². The van der Waals surface area contributed by atoms with Gasteiger partial charge in [0.05, 0.1) is 16.3 Å². The molecule has 0 saturated carbocycles. The van der Waals surface area contributed by atoms with Gasteiger partial charge in [0.25, 0.3) is 0 Å². The SMILES string of the molecule is N#CC(C#N)=C(C#N)Nc1c(Br)ccc(C#N)c1Cl. The average Bonchev–Trinajstić information content (AvgIpc) is 2.42. The van der Waals surface area contributed by atoms with Crippen LogP contribution in [-0.4, -0.2) is 0 Å². The topological polar surface area (TPSA) is 107 Å². The molecule has 1 aromatic rings. The van der Waals surface area contributed by atoms with Crippen LogP contribution in [0.5, 0.6) is 0 Å². The first-order chi connectivity index (χ1) is 9.08. The highest BCUT2D eigenvalue weighted by atomic mass is 79.9. The molecule has 0 saturated heterocycles. The van der Waals surface area contributed by atoms with Gasteiger partial charge in [0.15, 0.2) is 5.57 Å². The summed E-state index contributed by atoms with van der Waals surface area (Å²) in [6, 6.07) is 9.87. The van der Waals surface area contributed by atoms with Gasteiger partial charge >= 0.3 is 0 Å². The molecule has 19 heavy (non-hydrogen) atoms. The van der Waals surface area contributed by atoms with Crippen molar-refractivity contribution < 1.29 is 0 Å². The van der Waals surface area contributed by atoms with Crippen molar-refractivity contribution in [1.82, 2.24) is 0 Å². The number of hydrogen-bond donors (Lipinski definition) is 1. The Bertz CT molecular complexity index is 709. The summed E-state index contributed by atoms with van der Waals surface area (Å²) in [7, 11) is 0. The van der Waals surface area contributed by atoms with Crippen molar-refractivity contribution in [2.45, 2.75) is 0 Å². The van der Waals surface area contributed by atoms with Gasteiger partial charge in [0.1, 0.15) is 30.0 Å². The third kappa shape index (κ3) is 3.03. The number of rotatable bonds is 2. The standard InChI is InChI=1S/C12H3BrClN5/c13-9-2-1-7(3-15)11(14)12(9)19-10(6-18)8(4-16)5-17/h1-2,19H. The van der Waals surface area contributed by atoms with E-state index in [1.54, 1.807) is 24.3 Å². The van der Waals surface area contributed by atoms with Gasteiger partial charge in [-0.1, -0.05) is 11.6 Å². The summed E-state index contributed by atoms with van der Waals surface area (Å²) in [6.45, 7) is 0. The number of nitrogens with zero attached hydrogens (tertiary/aromatic N) is 4. The third-order valence-electron chi connectivity index (χ3n) is 2.05. The van der Waals surface area contributed by atoms with Gasteiger partial charge in [-0.15, -0.1) is 0 Å². The van der Waals surface area contributed by atoms with E-state index in [1.807, 2.05) is 6.07 Å². The molecule has 5 nitrogen and oxygen atoms in total. The fourth-order valence-corrected chi connectivity index (χ4v) is 1.96. The van der Waals surface area contributed by atoms with E-state index in [0.717, 1.165) is 0 Å². The van der Waals surface area contributed by atoms with Crippen LogP contribution in [-0.2, 0) is 0 Å². The largest absolute Gasteiger partial charge is 0.343 e. The smallest absolute Gasteiger partial charge is 0.163 e. The maximum absolute atomic E-state index is 8.93. The summed E-state index contributed by atoms with van der Waals surface area (Å²) < 4.78 is 0.500. The zero-order valence-corrected chi connectivity index (χ0v) is 11.5. The minimum absolute atomic E-state index is 0.0971. The van der Waals surface area contributed by atoms with E-state index in [2.05, 4.69) is 21.2 Å². The number of anilines is 1. The second kappa shape index (κ2) is 6.43. The molecule has 90 valence electrons. The van der Waals surface area contributed by atoms with E-state index in [9.17, 15) is 0 Å². The van der Waals surface area contributed by atoms with Crippen molar-refractivity contribution in [3.63, 3.8) is 0 Å². The van der Waals surface area contributed by atoms with Gasteiger partial charge in [0.2, 0.25) is 0 Å². The molecule has 1 N–H and O–H groups in total. The Hall–Kier alpha value is -2.51. The molecule has 0 amide bonds. The number of nitrogens with one attached hydrogen (secondary N) is 1. The predicted octanol–water partition coefficient (Wildman–Crippen LogP) is 3.21. The summed E-state index contributed by atoms with van der Waals surface area (Å²) in [6.07, 6.45) is 0. The fourth-order valence-electron chi connectivity index (χ4n) is 1.16. The molecule has 0 unspecified atom stereocenters. The number of halogens is 2. The van der Waals surface area contributed by atoms with E-state index >= 15 is 0 Å². The normalized spacial score (nSPS) is 8.32. The van der Waals surface area contributed by atoms with Gasteiger partial charge in [-0.05, 0) is 28.1 Å². The molecule has 1 rings (SSSR count). The minimum Gasteiger partial charge on any atom is -0.343 e. The van der Waals surface area contributed by atoms with E-state index in [-0.39, 0.29) is 27.5 Å². The number of hydrogen-bond acceptors (Lipinski definition) is 5. The lowest BCUT2D eigenvalue weighted by atomic mass is 10.2. The van der Waals surface area contributed by atoms with Gasteiger partial charge in [-0.3, -0.25) is 0 Å². The highest BCUT2D eigenvalue weighted by molar-refractivity contribution is 9.10. The van der Waals surface area contributed by atoms with Crippen molar-refractivity contribution >= 4 is 33.2 Å². The molecule has 0 radical (unpaired) electrons. The summed E-state index contributed by atoms with van der Waals surface area (Å²) in [5, 5.41) is 37.9. The highest BCUT2D eigenvalue weighted by Crippen LogP contribution is 2.34. The highest BCUT2D eigenvalue weighted by Gasteiger charge is 2.14. The van der Waals surface area contributed by atoms with Gasteiger partial charge in [-0.2, -0.15) is 21.0 Å². The van der Waals surface area contributed by atoms with Crippen molar-refractivity contribution in [2.75, 3.05) is 5.32 Å². The zero-order valence-electron chi connectivity index (χ0n) is 9.20. The summed E-state index contributed by atoms with van der Waals surface area (Å²) in [4.78, 5) is 0. The third-order valence-corrected chi connectivity index (χ3v) is 3.10. The van der Waals surface area contributed by atoms with Crippen LogP contribution in [0.15, 0.2) is 27.9 Å². The first-order valence-corrected chi connectivity index (χ1v) is 5.85. The molecule has 0 aliphatic heterocycles. The second-order valence-corrected chi connectivity index (χ2v) is 4.34. The lowest BCUT2D eigenvalue weighted by Crippen LogP contribution is -2.02. The van der Waals surface area contributed by atoms with Crippen molar-refractivity contribution in [2.24, 2.45) is 0 Å². The molecule has 0 aliphatic carbocycles. The molecule has 0 bridgehead atoms. The Labute approximate surface area is 122 Å². The Balaban J connectivity index is 3.41. The molecular weight excluding hydrogens is 330 g/mol. The molecule has 1 aromatic carbocycles. The van der Waals surface area contributed by atoms with Crippen LogP contribution in [0.2, 0.25) is 5.02 Å². The molecule has 0 aliphatic rings. The molecule has 0 heterocycles. The molecule has 0 atom stereocenters. The molecule has 0 aromatic heterocycles. The summed E-state index contributed by atoms with van der Waals surface area (Å²) >= 11 is 9.20. The van der Waals surface area contributed by atoms with Crippen LogP contribution in [0.25, 0.3) is 0 Å².